The number of halogens is 4. The van der Waals surface area contributed by atoms with Crippen LogP contribution >= 0.6 is 11.6 Å². The molecule has 0 aliphatic carbocycles. The zero-order chi connectivity index (χ0) is 24.9. The minimum absolute atomic E-state index is 0.0811. The molecule has 4 rings (SSSR count). The zero-order valence-corrected chi connectivity index (χ0v) is 19.9. The van der Waals surface area contributed by atoms with Crippen molar-refractivity contribution >= 4 is 17.5 Å². The summed E-state index contributed by atoms with van der Waals surface area (Å²) in [6.07, 6.45) is -1.96. The fourth-order valence-corrected chi connectivity index (χ4v) is 4.98. The topological polar surface area (TPSA) is 45.2 Å². The normalized spacial score (nSPS) is 17.0. The maximum Gasteiger partial charge on any atom is 0.404 e. The largest absolute Gasteiger partial charge is 0.404 e. The molecule has 0 bridgehead atoms. The van der Waals surface area contributed by atoms with Crippen LogP contribution in [0.15, 0.2) is 79.0 Å². The number of pyridine rings is 1. The number of nitrogens with zero attached hydrogens (tertiary/aromatic N) is 2. The molecule has 1 saturated heterocycles. The molecule has 3 aromatic rings. The highest BCUT2D eigenvalue weighted by molar-refractivity contribution is 6.29. The summed E-state index contributed by atoms with van der Waals surface area (Å²) in [6.45, 7) is 0.880. The van der Waals surface area contributed by atoms with Crippen molar-refractivity contribution in [2.75, 3.05) is 19.6 Å². The number of likely N-dealkylation sites (tertiary alicyclic amines) is 1. The maximum absolute atomic E-state index is 14.1. The quantitative estimate of drug-likeness (QED) is 0.424. The third-order valence-corrected chi connectivity index (χ3v) is 7.01. The second-order valence-electron chi connectivity index (χ2n) is 8.98. The number of hydrogen-bond acceptors (Lipinski definition) is 3. The van der Waals surface area contributed by atoms with Gasteiger partial charge in [-0.25, -0.2) is 4.98 Å². The van der Waals surface area contributed by atoms with Crippen LogP contribution < -0.4 is 5.32 Å². The lowest BCUT2D eigenvalue weighted by Crippen LogP contribution is -2.55. The Morgan fingerprint density at radius 3 is 2.26 bits per heavy atom. The van der Waals surface area contributed by atoms with Gasteiger partial charge in [-0.1, -0.05) is 72.3 Å². The minimum atomic E-state index is -4.34. The van der Waals surface area contributed by atoms with Gasteiger partial charge >= 0.3 is 6.18 Å². The van der Waals surface area contributed by atoms with E-state index in [-0.39, 0.29) is 30.6 Å². The van der Waals surface area contributed by atoms with E-state index in [0.29, 0.717) is 30.5 Å². The molecular weight excluding hydrogens is 475 g/mol. The Bertz CT molecular complexity index is 1120. The molecule has 1 fully saturated rings. The molecule has 4 nitrogen and oxygen atoms in total. The fourth-order valence-electron chi connectivity index (χ4n) is 4.81. The number of alkyl halides is 3. The van der Waals surface area contributed by atoms with Crippen molar-refractivity contribution in [3.63, 3.8) is 0 Å². The summed E-state index contributed by atoms with van der Waals surface area (Å²) in [5, 5.41) is 3.21. The lowest BCUT2D eigenvalue weighted by atomic mass is 9.72. The molecule has 2 heterocycles. The summed E-state index contributed by atoms with van der Waals surface area (Å²) in [5.74, 6) is -0.288. The molecule has 8 heteroatoms. The summed E-state index contributed by atoms with van der Waals surface area (Å²) in [6, 6.07) is 20.0. The van der Waals surface area contributed by atoms with Crippen LogP contribution in [-0.2, 0) is 11.8 Å². The molecule has 0 radical (unpaired) electrons. The van der Waals surface area contributed by atoms with Crippen LogP contribution in [0.3, 0.4) is 0 Å². The lowest BCUT2D eigenvalue weighted by Gasteiger charge is -2.45. The summed E-state index contributed by atoms with van der Waals surface area (Å²) in [5.41, 5.74) is 1.61. The number of carbonyl (C=O) groups excluding carboxylic acids is 1. The van der Waals surface area contributed by atoms with E-state index in [2.05, 4.69) is 10.3 Å². The smallest absolute Gasteiger partial charge is 0.351 e. The Hall–Kier alpha value is -2.90. The second kappa shape index (κ2) is 10.8. The van der Waals surface area contributed by atoms with E-state index >= 15 is 0 Å². The predicted octanol–water partition coefficient (Wildman–Crippen LogP) is 5.67. The molecule has 1 amide bonds. The van der Waals surface area contributed by atoms with E-state index in [1.807, 2.05) is 30.3 Å². The van der Waals surface area contributed by atoms with Crippen molar-refractivity contribution in [2.24, 2.45) is 0 Å². The van der Waals surface area contributed by atoms with Crippen molar-refractivity contribution in [3.05, 3.63) is 101 Å². The first kappa shape index (κ1) is 25.2. The van der Waals surface area contributed by atoms with Crippen LogP contribution in [0.1, 0.15) is 34.3 Å². The van der Waals surface area contributed by atoms with Crippen LogP contribution in [0.4, 0.5) is 13.2 Å². The number of carbonyl (C=O) groups is 1. The van der Waals surface area contributed by atoms with Gasteiger partial charge in [0.25, 0.3) is 5.91 Å². The Balaban J connectivity index is 1.51. The molecular formula is C27H27ClF3N3O. The van der Waals surface area contributed by atoms with Gasteiger partial charge in [0.2, 0.25) is 0 Å². The van der Waals surface area contributed by atoms with Gasteiger partial charge in [0.1, 0.15) is 11.2 Å². The Labute approximate surface area is 208 Å². The number of benzene rings is 2. The number of rotatable bonds is 7. The second-order valence-corrected chi connectivity index (χ2v) is 9.37. The maximum atomic E-state index is 14.1. The van der Waals surface area contributed by atoms with Crippen LogP contribution in [-0.4, -0.2) is 47.6 Å². The Kier molecular flexibility index (Phi) is 7.77. The Morgan fingerprint density at radius 1 is 1.03 bits per heavy atom. The van der Waals surface area contributed by atoms with Crippen LogP contribution in [0.2, 0.25) is 5.15 Å². The fraction of sp³-hybridized carbons (Fsp3) is 0.333. The monoisotopic (exact) mass is 501 g/mol. The van der Waals surface area contributed by atoms with Crippen LogP contribution in [0.25, 0.3) is 0 Å². The van der Waals surface area contributed by atoms with Gasteiger partial charge in [-0.15, -0.1) is 0 Å². The molecule has 0 saturated carbocycles. The molecule has 1 unspecified atom stereocenters. The average Bonchev–Trinajstić information content (AvgIpc) is 2.87. The van der Waals surface area contributed by atoms with Crippen molar-refractivity contribution in [3.8, 4) is 0 Å². The number of piperidine rings is 1. The third kappa shape index (κ3) is 6.21. The molecule has 184 valence electrons. The van der Waals surface area contributed by atoms with Crippen molar-refractivity contribution in [1.82, 2.24) is 15.2 Å². The third-order valence-electron chi connectivity index (χ3n) is 6.81. The summed E-state index contributed by atoms with van der Waals surface area (Å²) >= 11 is 5.91. The average molecular weight is 502 g/mol. The van der Waals surface area contributed by atoms with E-state index < -0.39 is 17.6 Å². The highest BCUT2D eigenvalue weighted by Gasteiger charge is 2.46. The molecule has 1 atom stereocenters. The number of hydrogen-bond donors (Lipinski definition) is 1. The standard InChI is InChI=1S/C27H27ClF3N3O/c28-24-18-21(11-14-32-24)25(35)33-19-26(22-9-5-2-6-10-22)12-15-34(16-13-26)23(27(29,30)31)17-20-7-3-1-4-8-20/h1-11,14,18,23H,12-13,15-17,19H2,(H,33,35). The van der Waals surface area contributed by atoms with E-state index in [1.165, 1.54) is 12.3 Å². The van der Waals surface area contributed by atoms with E-state index in [4.69, 9.17) is 11.6 Å². The predicted molar refractivity (Wildman–Crippen MR) is 130 cm³/mol. The van der Waals surface area contributed by atoms with E-state index in [9.17, 15) is 18.0 Å². The minimum Gasteiger partial charge on any atom is -0.351 e. The molecule has 2 aromatic carbocycles. The molecule has 1 N–H and O–H groups in total. The van der Waals surface area contributed by atoms with Gasteiger partial charge in [-0.2, -0.15) is 13.2 Å². The first-order chi connectivity index (χ1) is 16.8. The molecule has 1 aromatic heterocycles. The molecule has 0 spiro atoms. The highest BCUT2D eigenvalue weighted by atomic mass is 35.5. The van der Waals surface area contributed by atoms with Gasteiger partial charge < -0.3 is 5.32 Å². The van der Waals surface area contributed by atoms with Crippen molar-refractivity contribution in [2.45, 2.75) is 36.9 Å². The first-order valence-electron chi connectivity index (χ1n) is 11.6. The summed E-state index contributed by atoms with van der Waals surface area (Å²) in [4.78, 5) is 18.2. The highest BCUT2D eigenvalue weighted by Crippen LogP contribution is 2.38. The van der Waals surface area contributed by atoms with Gasteiger partial charge in [0.15, 0.2) is 0 Å². The van der Waals surface area contributed by atoms with Gasteiger partial charge in [-0.05, 0) is 55.6 Å². The number of aromatic nitrogens is 1. The first-order valence-corrected chi connectivity index (χ1v) is 11.9. The van der Waals surface area contributed by atoms with Crippen LogP contribution in [0, 0.1) is 0 Å². The summed E-state index contributed by atoms with van der Waals surface area (Å²) in [7, 11) is 0. The number of amides is 1. The van der Waals surface area contributed by atoms with Crippen molar-refractivity contribution < 1.29 is 18.0 Å². The Morgan fingerprint density at radius 2 is 1.66 bits per heavy atom. The SMILES string of the molecule is O=C(NCC1(c2ccccc2)CCN(C(Cc2ccccc2)C(F)(F)F)CC1)c1ccnc(Cl)c1. The summed E-state index contributed by atoms with van der Waals surface area (Å²) < 4.78 is 42.2. The molecule has 1 aliphatic heterocycles. The van der Waals surface area contributed by atoms with Gasteiger partial charge in [-0.3, -0.25) is 9.69 Å². The molecule has 1 aliphatic rings. The molecule has 35 heavy (non-hydrogen) atoms. The van der Waals surface area contributed by atoms with E-state index in [1.54, 1.807) is 41.3 Å². The van der Waals surface area contributed by atoms with E-state index in [0.717, 1.165) is 5.56 Å². The van der Waals surface area contributed by atoms with Crippen LogP contribution in [0.5, 0.6) is 0 Å². The van der Waals surface area contributed by atoms with Crippen molar-refractivity contribution in [1.29, 1.82) is 0 Å². The van der Waals surface area contributed by atoms with Gasteiger partial charge in [0.05, 0.1) is 0 Å². The van der Waals surface area contributed by atoms with Gasteiger partial charge in [0, 0.05) is 23.7 Å². The zero-order valence-electron chi connectivity index (χ0n) is 19.1. The lowest BCUT2D eigenvalue weighted by molar-refractivity contribution is -0.187. The number of nitrogens with one attached hydrogen (secondary N) is 1.